The minimum Gasteiger partial charge on any atom is -0.376 e. The molecule has 4 nitrogen and oxygen atoms in total. The lowest BCUT2D eigenvalue weighted by molar-refractivity contribution is -0.116. The molecular weight excluding hydrogens is 178 g/mol. The van der Waals surface area contributed by atoms with Crippen molar-refractivity contribution in [3.8, 4) is 6.07 Å². The lowest BCUT2D eigenvalue weighted by Crippen LogP contribution is -2.21. The molecule has 0 aromatic heterocycles. The molecule has 0 unspecified atom stereocenters. The van der Waals surface area contributed by atoms with Crippen LogP contribution in [0.25, 0.3) is 0 Å². The van der Waals surface area contributed by atoms with E-state index in [0.29, 0.717) is 6.42 Å². The molecule has 14 heavy (non-hydrogen) atoms. The number of nitrogens with two attached hydrogens (primary N) is 1. The van der Waals surface area contributed by atoms with Gasteiger partial charge in [-0.25, -0.2) is 0 Å². The SMILES string of the molecule is N#CCc1ccc(NCC(N)=O)cc1. The van der Waals surface area contributed by atoms with Crippen molar-refractivity contribution in [1.82, 2.24) is 0 Å². The third-order valence-electron chi connectivity index (χ3n) is 1.70. The number of benzene rings is 1. The molecule has 0 fully saturated rings. The zero-order valence-corrected chi connectivity index (χ0v) is 7.66. The van der Waals surface area contributed by atoms with Crippen molar-refractivity contribution >= 4 is 11.6 Å². The Morgan fingerprint density at radius 2 is 2.07 bits per heavy atom. The molecule has 0 aliphatic rings. The van der Waals surface area contributed by atoms with Gasteiger partial charge < -0.3 is 11.1 Å². The maximum atomic E-state index is 10.5. The third-order valence-corrected chi connectivity index (χ3v) is 1.70. The first-order valence-electron chi connectivity index (χ1n) is 4.20. The number of amides is 1. The summed E-state index contributed by atoms with van der Waals surface area (Å²) in [5.74, 6) is -0.397. The van der Waals surface area contributed by atoms with E-state index >= 15 is 0 Å². The fourth-order valence-corrected chi connectivity index (χ4v) is 1.02. The quantitative estimate of drug-likeness (QED) is 0.729. The van der Waals surface area contributed by atoms with E-state index in [9.17, 15) is 4.79 Å². The molecule has 0 spiro atoms. The van der Waals surface area contributed by atoms with Crippen LogP contribution in [0.2, 0.25) is 0 Å². The van der Waals surface area contributed by atoms with Gasteiger partial charge in [0.1, 0.15) is 0 Å². The van der Waals surface area contributed by atoms with Crippen LogP contribution in [-0.4, -0.2) is 12.5 Å². The summed E-state index contributed by atoms with van der Waals surface area (Å²) in [5, 5.41) is 11.3. The predicted octanol–water partition coefficient (Wildman–Crippen LogP) is 0.650. The largest absolute Gasteiger partial charge is 0.376 e. The zero-order chi connectivity index (χ0) is 10.4. The molecule has 0 aliphatic heterocycles. The van der Waals surface area contributed by atoms with E-state index in [-0.39, 0.29) is 6.54 Å². The highest BCUT2D eigenvalue weighted by Crippen LogP contribution is 2.09. The second-order valence-corrected chi connectivity index (χ2v) is 2.85. The first-order chi connectivity index (χ1) is 6.72. The minimum atomic E-state index is -0.397. The number of primary amides is 1. The van der Waals surface area contributed by atoms with E-state index in [1.807, 2.05) is 24.3 Å². The molecule has 72 valence electrons. The normalized spacial score (nSPS) is 9.07. The van der Waals surface area contributed by atoms with Crippen LogP contribution < -0.4 is 11.1 Å². The van der Waals surface area contributed by atoms with Crippen LogP contribution in [0.3, 0.4) is 0 Å². The minimum absolute atomic E-state index is 0.123. The smallest absolute Gasteiger partial charge is 0.236 e. The van der Waals surface area contributed by atoms with Crippen LogP contribution in [0.15, 0.2) is 24.3 Å². The van der Waals surface area contributed by atoms with Gasteiger partial charge in [0.25, 0.3) is 0 Å². The summed E-state index contributed by atoms with van der Waals surface area (Å²) in [6.45, 7) is 0.123. The topological polar surface area (TPSA) is 78.9 Å². The molecule has 4 heteroatoms. The summed E-state index contributed by atoms with van der Waals surface area (Å²) in [7, 11) is 0. The van der Waals surface area contributed by atoms with Gasteiger partial charge in [-0.2, -0.15) is 5.26 Å². The molecule has 0 saturated carbocycles. The van der Waals surface area contributed by atoms with Crippen molar-refractivity contribution in [3.05, 3.63) is 29.8 Å². The molecule has 0 heterocycles. The van der Waals surface area contributed by atoms with Crippen molar-refractivity contribution in [2.45, 2.75) is 6.42 Å². The number of anilines is 1. The molecule has 0 aliphatic carbocycles. The highest BCUT2D eigenvalue weighted by atomic mass is 16.1. The van der Waals surface area contributed by atoms with Gasteiger partial charge in [-0.3, -0.25) is 4.79 Å². The van der Waals surface area contributed by atoms with Crippen molar-refractivity contribution in [2.24, 2.45) is 5.73 Å². The first kappa shape index (κ1) is 10.1. The average molecular weight is 189 g/mol. The van der Waals surface area contributed by atoms with Crippen molar-refractivity contribution in [3.63, 3.8) is 0 Å². The Bertz CT molecular complexity index is 351. The average Bonchev–Trinajstić information content (AvgIpc) is 2.17. The number of hydrogen-bond acceptors (Lipinski definition) is 3. The van der Waals surface area contributed by atoms with E-state index in [1.54, 1.807) is 0 Å². The van der Waals surface area contributed by atoms with Gasteiger partial charge >= 0.3 is 0 Å². The number of nitriles is 1. The summed E-state index contributed by atoms with van der Waals surface area (Å²) in [6, 6.07) is 9.37. The second kappa shape index (κ2) is 4.87. The molecule has 1 rings (SSSR count). The molecular formula is C10H11N3O. The summed E-state index contributed by atoms with van der Waals surface area (Å²) in [4.78, 5) is 10.5. The maximum Gasteiger partial charge on any atom is 0.236 e. The molecule has 0 atom stereocenters. The van der Waals surface area contributed by atoms with Crippen molar-refractivity contribution in [1.29, 1.82) is 5.26 Å². The number of rotatable bonds is 4. The van der Waals surface area contributed by atoms with Gasteiger partial charge in [0.2, 0.25) is 5.91 Å². The van der Waals surface area contributed by atoms with Gasteiger partial charge in [-0.1, -0.05) is 12.1 Å². The molecule has 1 aromatic rings. The van der Waals surface area contributed by atoms with Crippen LogP contribution in [0.5, 0.6) is 0 Å². The summed E-state index contributed by atoms with van der Waals surface area (Å²) in [5.41, 5.74) is 6.75. The lowest BCUT2D eigenvalue weighted by atomic mass is 10.1. The van der Waals surface area contributed by atoms with Gasteiger partial charge in [-0.05, 0) is 17.7 Å². The lowest BCUT2D eigenvalue weighted by Gasteiger charge is -2.03. The highest BCUT2D eigenvalue weighted by molar-refractivity contribution is 5.78. The fraction of sp³-hybridized carbons (Fsp3) is 0.200. The molecule has 0 saturated heterocycles. The van der Waals surface area contributed by atoms with Crippen molar-refractivity contribution in [2.75, 3.05) is 11.9 Å². The second-order valence-electron chi connectivity index (χ2n) is 2.85. The number of nitrogens with one attached hydrogen (secondary N) is 1. The Hall–Kier alpha value is -2.02. The first-order valence-corrected chi connectivity index (χ1v) is 4.20. The third kappa shape index (κ3) is 3.15. The van der Waals surface area contributed by atoms with Crippen LogP contribution in [0, 0.1) is 11.3 Å². The zero-order valence-electron chi connectivity index (χ0n) is 7.66. The van der Waals surface area contributed by atoms with E-state index in [4.69, 9.17) is 11.0 Å². The molecule has 3 N–H and O–H groups in total. The van der Waals surface area contributed by atoms with Gasteiger partial charge in [0.05, 0.1) is 19.0 Å². The maximum absolute atomic E-state index is 10.5. The Morgan fingerprint density at radius 1 is 1.43 bits per heavy atom. The molecule has 0 radical (unpaired) electrons. The van der Waals surface area contributed by atoms with E-state index in [0.717, 1.165) is 11.3 Å². The number of carbonyl (C=O) groups is 1. The summed E-state index contributed by atoms with van der Waals surface area (Å²) >= 11 is 0. The summed E-state index contributed by atoms with van der Waals surface area (Å²) in [6.07, 6.45) is 0.399. The van der Waals surface area contributed by atoms with Crippen molar-refractivity contribution < 1.29 is 4.79 Å². The van der Waals surface area contributed by atoms with E-state index in [1.165, 1.54) is 0 Å². The van der Waals surface area contributed by atoms with E-state index in [2.05, 4.69) is 11.4 Å². The van der Waals surface area contributed by atoms with Crippen LogP contribution >= 0.6 is 0 Å². The van der Waals surface area contributed by atoms with E-state index < -0.39 is 5.91 Å². The monoisotopic (exact) mass is 189 g/mol. The van der Waals surface area contributed by atoms with Gasteiger partial charge in [0, 0.05) is 5.69 Å². The Labute approximate surface area is 82.3 Å². The predicted molar refractivity (Wildman–Crippen MR) is 53.4 cm³/mol. The Balaban J connectivity index is 2.56. The Morgan fingerprint density at radius 3 is 2.57 bits per heavy atom. The van der Waals surface area contributed by atoms with Gasteiger partial charge in [0.15, 0.2) is 0 Å². The number of carbonyl (C=O) groups excluding carboxylic acids is 1. The molecule has 1 aromatic carbocycles. The number of nitrogens with zero attached hydrogens (tertiary/aromatic N) is 1. The summed E-state index contributed by atoms with van der Waals surface area (Å²) < 4.78 is 0. The van der Waals surface area contributed by atoms with Crippen LogP contribution in [0.1, 0.15) is 5.56 Å². The van der Waals surface area contributed by atoms with Gasteiger partial charge in [-0.15, -0.1) is 0 Å². The molecule has 0 bridgehead atoms. The van der Waals surface area contributed by atoms with Crippen LogP contribution in [-0.2, 0) is 11.2 Å². The highest BCUT2D eigenvalue weighted by Gasteiger charge is 1.95. The Kier molecular flexibility index (Phi) is 3.50. The number of hydrogen-bond donors (Lipinski definition) is 2. The molecule has 1 amide bonds. The van der Waals surface area contributed by atoms with Crippen LogP contribution in [0.4, 0.5) is 5.69 Å². The standard InChI is InChI=1S/C10H11N3O/c11-6-5-8-1-3-9(4-2-8)13-7-10(12)14/h1-4,13H,5,7H2,(H2,12,14). The fourth-order valence-electron chi connectivity index (χ4n) is 1.02.